The molecular weight excluding hydrogens is 430 g/mol. The van der Waals surface area contributed by atoms with Gasteiger partial charge in [-0.2, -0.15) is 26.3 Å². The van der Waals surface area contributed by atoms with E-state index in [2.05, 4.69) is 25.9 Å². The van der Waals surface area contributed by atoms with Gasteiger partial charge in [0.15, 0.2) is 5.82 Å². The Morgan fingerprint density at radius 1 is 0.968 bits per heavy atom. The molecule has 162 valence electrons. The number of halogens is 6. The van der Waals surface area contributed by atoms with E-state index in [1.807, 2.05) is 0 Å². The largest absolute Gasteiger partial charge is 0.416 e. The molecule has 0 aliphatic carbocycles. The Morgan fingerprint density at radius 3 is 2.23 bits per heavy atom. The molecule has 0 spiro atoms. The number of carbonyl (C=O) groups is 1. The monoisotopic (exact) mass is 442 g/mol. The molecule has 0 bridgehead atoms. The highest BCUT2D eigenvalue weighted by Crippen LogP contribution is 2.38. The van der Waals surface area contributed by atoms with E-state index in [0.717, 1.165) is 23.3 Å². The summed E-state index contributed by atoms with van der Waals surface area (Å²) in [5, 5.41) is 3.79. The quantitative estimate of drug-likeness (QED) is 0.355. The van der Waals surface area contributed by atoms with Gasteiger partial charge >= 0.3 is 12.4 Å². The molecule has 2 N–H and O–H groups in total. The molecule has 2 heterocycles. The fourth-order valence-corrected chi connectivity index (χ4v) is 2.31. The van der Waals surface area contributed by atoms with E-state index in [1.165, 1.54) is 6.20 Å². The Hall–Kier alpha value is -3.90. The van der Waals surface area contributed by atoms with E-state index < -0.39 is 35.0 Å². The summed E-state index contributed by atoms with van der Waals surface area (Å²) in [6.45, 7) is 0. The minimum atomic E-state index is -4.99. The third-order valence-electron chi connectivity index (χ3n) is 3.71. The summed E-state index contributed by atoms with van der Waals surface area (Å²) in [4.78, 5) is 19.4. The van der Waals surface area contributed by atoms with Crippen LogP contribution in [-0.2, 0) is 17.1 Å². The molecule has 7 nitrogen and oxygen atoms in total. The van der Waals surface area contributed by atoms with Gasteiger partial charge in [-0.1, -0.05) is 6.07 Å². The number of hydrazine groups is 1. The number of amides is 1. The van der Waals surface area contributed by atoms with E-state index >= 15 is 0 Å². The van der Waals surface area contributed by atoms with Crippen LogP contribution in [0.2, 0.25) is 0 Å². The zero-order valence-corrected chi connectivity index (χ0v) is 15.2. The molecule has 2 aromatic heterocycles. The zero-order valence-electron chi connectivity index (χ0n) is 15.2. The Balaban J connectivity index is 1.77. The van der Waals surface area contributed by atoms with E-state index in [-0.39, 0.29) is 11.9 Å². The maximum atomic E-state index is 13.0. The van der Waals surface area contributed by atoms with Crippen LogP contribution in [-0.4, -0.2) is 25.7 Å². The number of anilines is 1. The van der Waals surface area contributed by atoms with Crippen molar-refractivity contribution in [1.29, 1.82) is 0 Å². The van der Waals surface area contributed by atoms with Crippen LogP contribution in [0, 0.1) is 0 Å². The van der Waals surface area contributed by atoms with E-state index in [4.69, 9.17) is 0 Å². The van der Waals surface area contributed by atoms with Crippen molar-refractivity contribution in [2.45, 2.75) is 12.4 Å². The summed E-state index contributed by atoms with van der Waals surface area (Å²) in [5.74, 6) is -0.633. The number of hydrogen-bond donors (Lipinski definition) is 2. The lowest BCUT2D eigenvalue weighted by Gasteiger charge is -2.13. The van der Waals surface area contributed by atoms with Gasteiger partial charge in [0, 0.05) is 24.0 Å². The fourth-order valence-electron chi connectivity index (χ4n) is 2.31. The topological polar surface area (TPSA) is 84.7 Å². The molecule has 0 unspecified atom stereocenters. The average molecular weight is 442 g/mol. The summed E-state index contributed by atoms with van der Waals surface area (Å²) in [7, 11) is 0. The molecule has 0 saturated carbocycles. The first-order valence-electron chi connectivity index (χ1n) is 8.38. The highest BCUT2D eigenvalue weighted by molar-refractivity contribution is 5.90. The van der Waals surface area contributed by atoms with Gasteiger partial charge < -0.3 is 0 Å². The minimum Gasteiger partial charge on any atom is -0.282 e. The number of aromatic nitrogens is 4. The average Bonchev–Trinajstić information content (AvgIpc) is 3.19. The van der Waals surface area contributed by atoms with Gasteiger partial charge in [0.2, 0.25) is 0 Å². The van der Waals surface area contributed by atoms with E-state index in [9.17, 15) is 31.1 Å². The van der Waals surface area contributed by atoms with Gasteiger partial charge in [-0.05, 0) is 30.3 Å². The van der Waals surface area contributed by atoms with Crippen molar-refractivity contribution in [1.82, 2.24) is 25.2 Å². The SMILES string of the molecule is O=C(/C=C/n1cnc(-c2cc(C(F)(F)F)cc(C(F)(F)F)c2)n1)NNc1ccccn1. The third kappa shape index (κ3) is 5.81. The van der Waals surface area contributed by atoms with Crippen molar-refractivity contribution in [2.24, 2.45) is 0 Å². The number of rotatable bonds is 5. The molecule has 1 aromatic carbocycles. The maximum Gasteiger partial charge on any atom is 0.416 e. The Kier molecular flexibility index (Phi) is 5.95. The van der Waals surface area contributed by atoms with Gasteiger partial charge in [0.25, 0.3) is 5.91 Å². The predicted molar refractivity (Wildman–Crippen MR) is 96.8 cm³/mol. The summed E-state index contributed by atoms with van der Waals surface area (Å²) >= 11 is 0. The van der Waals surface area contributed by atoms with Crippen LogP contribution in [0.1, 0.15) is 11.1 Å². The second kappa shape index (κ2) is 8.45. The Labute approximate surface area is 170 Å². The molecule has 0 atom stereocenters. The fraction of sp³-hybridized carbons (Fsp3) is 0.111. The molecule has 0 fully saturated rings. The highest BCUT2D eigenvalue weighted by Gasteiger charge is 2.37. The predicted octanol–water partition coefficient (Wildman–Crippen LogP) is 3.99. The van der Waals surface area contributed by atoms with Crippen molar-refractivity contribution in [3.63, 3.8) is 0 Å². The number of nitrogens with one attached hydrogen (secondary N) is 2. The van der Waals surface area contributed by atoms with Gasteiger partial charge in [-0.15, -0.1) is 5.10 Å². The Morgan fingerprint density at radius 2 is 1.65 bits per heavy atom. The lowest BCUT2D eigenvalue weighted by molar-refractivity contribution is -0.143. The lowest BCUT2D eigenvalue weighted by atomic mass is 10.0. The summed E-state index contributed by atoms with van der Waals surface area (Å²) in [5.41, 5.74) is 1.40. The summed E-state index contributed by atoms with van der Waals surface area (Å²) in [6.07, 6.45) is -5.32. The number of nitrogens with zero attached hydrogens (tertiary/aromatic N) is 4. The van der Waals surface area contributed by atoms with Gasteiger partial charge in [-0.3, -0.25) is 15.6 Å². The second-order valence-corrected chi connectivity index (χ2v) is 5.99. The first-order valence-corrected chi connectivity index (χ1v) is 8.38. The molecule has 0 aliphatic heterocycles. The number of hydrogen-bond acceptors (Lipinski definition) is 5. The van der Waals surface area contributed by atoms with Gasteiger partial charge in [0.1, 0.15) is 12.1 Å². The molecular formula is C18H12F6N6O. The molecule has 0 radical (unpaired) electrons. The van der Waals surface area contributed by atoms with Gasteiger partial charge in [-0.25, -0.2) is 14.6 Å². The normalized spacial score (nSPS) is 12.2. The van der Waals surface area contributed by atoms with Crippen molar-refractivity contribution >= 4 is 17.9 Å². The van der Waals surface area contributed by atoms with Crippen molar-refractivity contribution in [3.05, 3.63) is 66.1 Å². The zero-order chi connectivity index (χ0) is 22.6. The molecule has 31 heavy (non-hydrogen) atoms. The Bertz CT molecular complexity index is 1060. The van der Waals surface area contributed by atoms with Crippen molar-refractivity contribution in [2.75, 3.05) is 5.43 Å². The molecule has 0 saturated heterocycles. The summed E-state index contributed by atoms with van der Waals surface area (Å²) in [6, 6.07) is 6.00. The lowest BCUT2D eigenvalue weighted by Crippen LogP contribution is -2.28. The van der Waals surface area contributed by atoms with Crippen LogP contribution in [0.5, 0.6) is 0 Å². The number of carbonyl (C=O) groups excluding carboxylic acids is 1. The van der Waals surface area contributed by atoms with Crippen LogP contribution < -0.4 is 10.9 Å². The number of alkyl halides is 6. The van der Waals surface area contributed by atoms with Crippen LogP contribution in [0.4, 0.5) is 32.2 Å². The van der Waals surface area contributed by atoms with Crippen LogP contribution >= 0.6 is 0 Å². The minimum absolute atomic E-state index is 0.0132. The van der Waals surface area contributed by atoms with Gasteiger partial charge in [0.05, 0.1) is 11.1 Å². The van der Waals surface area contributed by atoms with Crippen LogP contribution in [0.3, 0.4) is 0 Å². The highest BCUT2D eigenvalue weighted by atomic mass is 19.4. The van der Waals surface area contributed by atoms with Crippen molar-refractivity contribution in [3.8, 4) is 11.4 Å². The molecule has 1 amide bonds. The second-order valence-electron chi connectivity index (χ2n) is 5.99. The smallest absolute Gasteiger partial charge is 0.282 e. The van der Waals surface area contributed by atoms with Crippen molar-refractivity contribution < 1.29 is 31.1 Å². The first kappa shape index (κ1) is 21.8. The molecule has 3 aromatic rings. The standard InChI is InChI=1S/C18H12F6N6O/c19-17(20,21)12-7-11(8-13(9-12)18(22,23)24)16-26-10-30(29-16)6-4-15(31)28-27-14-3-1-2-5-25-14/h1-10H,(H,25,27)(H,28,31)/b6-4+. The molecule has 0 aliphatic rings. The maximum absolute atomic E-state index is 13.0. The summed E-state index contributed by atoms with van der Waals surface area (Å²) < 4.78 is 78.9. The number of pyridine rings is 1. The van der Waals surface area contributed by atoms with Crippen LogP contribution in [0.25, 0.3) is 17.6 Å². The first-order chi connectivity index (χ1) is 14.5. The molecule has 13 heteroatoms. The van der Waals surface area contributed by atoms with E-state index in [0.29, 0.717) is 18.0 Å². The molecule has 3 rings (SSSR count). The third-order valence-corrected chi connectivity index (χ3v) is 3.71. The number of benzene rings is 1. The van der Waals surface area contributed by atoms with Crippen LogP contribution in [0.15, 0.2) is 55.0 Å². The van der Waals surface area contributed by atoms with E-state index in [1.54, 1.807) is 18.2 Å².